The van der Waals surface area contributed by atoms with Crippen LogP contribution in [0.5, 0.6) is 11.5 Å². The molecule has 33 heavy (non-hydrogen) atoms. The molecule has 1 aliphatic rings. The van der Waals surface area contributed by atoms with Gasteiger partial charge in [-0.1, -0.05) is 35.9 Å². The van der Waals surface area contributed by atoms with Crippen LogP contribution in [0.15, 0.2) is 71.4 Å². The van der Waals surface area contributed by atoms with Crippen molar-refractivity contribution >= 4 is 40.5 Å². The molecule has 1 heterocycles. The molecule has 0 saturated carbocycles. The second-order valence-electron chi connectivity index (χ2n) is 7.35. The van der Waals surface area contributed by atoms with E-state index in [0.29, 0.717) is 29.2 Å². The molecule has 168 valence electrons. The van der Waals surface area contributed by atoms with Gasteiger partial charge in [0.1, 0.15) is 12.4 Å². The second-order valence-corrected chi connectivity index (χ2v) is 8.51. The average molecular weight is 557 g/mol. The molecule has 0 spiro atoms. The molecule has 0 unspecified atom stereocenters. The zero-order chi connectivity index (χ0) is 23.4. The first kappa shape index (κ1) is 23.0. The van der Waals surface area contributed by atoms with E-state index >= 15 is 0 Å². The molecule has 0 aliphatic carbocycles. The number of rotatable bonds is 7. The summed E-state index contributed by atoms with van der Waals surface area (Å²) in [5.74, 6) is 0.449. The Hall–Kier alpha value is -3.20. The SMILES string of the molecule is CCOc1cc(/C=C2\N=C(c3ccc(C)cc3)OC2=O)cc(I)c1OCc1ccccc1F. The lowest BCUT2D eigenvalue weighted by atomic mass is 10.1. The van der Waals surface area contributed by atoms with Gasteiger partial charge in [0.2, 0.25) is 5.90 Å². The maximum Gasteiger partial charge on any atom is 0.363 e. The van der Waals surface area contributed by atoms with E-state index in [4.69, 9.17) is 14.2 Å². The minimum absolute atomic E-state index is 0.0692. The lowest BCUT2D eigenvalue weighted by Gasteiger charge is -2.15. The van der Waals surface area contributed by atoms with Gasteiger partial charge in [-0.2, -0.15) is 0 Å². The van der Waals surface area contributed by atoms with E-state index in [1.807, 2.05) is 44.2 Å². The van der Waals surface area contributed by atoms with Crippen molar-refractivity contribution < 1.29 is 23.4 Å². The van der Waals surface area contributed by atoms with Crippen LogP contribution >= 0.6 is 22.6 Å². The number of esters is 1. The van der Waals surface area contributed by atoms with Gasteiger partial charge in [-0.05, 0) is 78.4 Å². The van der Waals surface area contributed by atoms with Crippen molar-refractivity contribution in [3.8, 4) is 11.5 Å². The number of carbonyl (C=O) groups is 1. The molecular weight excluding hydrogens is 536 g/mol. The number of aryl methyl sites for hydroxylation is 1. The van der Waals surface area contributed by atoms with Gasteiger partial charge in [0, 0.05) is 11.1 Å². The van der Waals surface area contributed by atoms with Crippen LogP contribution in [0.1, 0.15) is 29.2 Å². The van der Waals surface area contributed by atoms with E-state index in [1.165, 1.54) is 6.07 Å². The van der Waals surface area contributed by atoms with E-state index in [1.54, 1.807) is 30.3 Å². The van der Waals surface area contributed by atoms with Crippen molar-refractivity contribution in [2.75, 3.05) is 6.61 Å². The summed E-state index contributed by atoms with van der Waals surface area (Å²) in [5, 5.41) is 0. The molecule has 1 aliphatic heterocycles. The third kappa shape index (κ3) is 5.42. The van der Waals surface area contributed by atoms with Crippen LogP contribution in [0.2, 0.25) is 0 Å². The predicted octanol–water partition coefficient (Wildman–Crippen LogP) is 6.06. The number of hydrogen-bond donors (Lipinski definition) is 0. The largest absolute Gasteiger partial charge is 0.490 e. The van der Waals surface area contributed by atoms with Gasteiger partial charge in [-0.15, -0.1) is 0 Å². The molecular formula is C26H21FINO4. The van der Waals surface area contributed by atoms with Crippen LogP contribution in [-0.4, -0.2) is 18.5 Å². The Balaban J connectivity index is 1.61. The summed E-state index contributed by atoms with van der Waals surface area (Å²) < 4.78 is 31.7. The lowest BCUT2D eigenvalue weighted by molar-refractivity contribution is -0.129. The van der Waals surface area contributed by atoms with Gasteiger partial charge in [0.25, 0.3) is 0 Å². The number of nitrogens with zero attached hydrogens (tertiary/aromatic N) is 1. The quantitative estimate of drug-likeness (QED) is 0.201. The smallest absolute Gasteiger partial charge is 0.363 e. The van der Waals surface area contributed by atoms with Gasteiger partial charge in [0.05, 0.1) is 10.2 Å². The van der Waals surface area contributed by atoms with Crippen molar-refractivity contribution in [2.24, 2.45) is 4.99 Å². The monoisotopic (exact) mass is 557 g/mol. The zero-order valence-electron chi connectivity index (χ0n) is 18.1. The third-order valence-corrected chi connectivity index (χ3v) is 5.69. The minimum Gasteiger partial charge on any atom is -0.490 e. The van der Waals surface area contributed by atoms with Crippen molar-refractivity contribution in [3.63, 3.8) is 0 Å². The van der Waals surface area contributed by atoms with E-state index in [2.05, 4.69) is 27.6 Å². The average Bonchev–Trinajstić information content (AvgIpc) is 3.15. The molecule has 0 bridgehead atoms. The summed E-state index contributed by atoms with van der Waals surface area (Å²) in [6.07, 6.45) is 1.65. The van der Waals surface area contributed by atoms with Crippen LogP contribution in [0.4, 0.5) is 4.39 Å². The van der Waals surface area contributed by atoms with Crippen molar-refractivity contribution in [1.29, 1.82) is 0 Å². The Bertz CT molecular complexity index is 1250. The number of carbonyl (C=O) groups excluding carboxylic acids is 1. The molecule has 0 radical (unpaired) electrons. The van der Waals surface area contributed by atoms with Crippen molar-refractivity contribution in [1.82, 2.24) is 0 Å². The summed E-state index contributed by atoms with van der Waals surface area (Å²) in [4.78, 5) is 16.8. The Kier molecular flexibility index (Phi) is 7.08. The first-order valence-electron chi connectivity index (χ1n) is 10.4. The highest BCUT2D eigenvalue weighted by molar-refractivity contribution is 14.1. The first-order valence-corrected chi connectivity index (χ1v) is 11.4. The predicted molar refractivity (Wildman–Crippen MR) is 133 cm³/mol. The van der Waals surface area contributed by atoms with Crippen LogP contribution < -0.4 is 9.47 Å². The molecule has 3 aromatic carbocycles. The number of ether oxygens (including phenoxy) is 3. The fourth-order valence-corrected chi connectivity index (χ4v) is 4.01. The Labute approximate surface area is 205 Å². The highest BCUT2D eigenvalue weighted by atomic mass is 127. The van der Waals surface area contributed by atoms with Gasteiger partial charge >= 0.3 is 5.97 Å². The lowest BCUT2D eigenvalue weighted by Crippen LogP contribution is -2.05. The minimum atomic E-state index is -0.515. The summed E-state index contributed by atoms with van der Waals surface area (Å²) in [7, 11) is 0. The molecule has 5 nitrogen and oxygen atoms in total. The molecule has 0 aromatic heterocycles. The van der Waals surface area contributed by atoms with E-state index in [-0.39, 0.29) is 24.0 Å². The van der Waals surface area contributed by atoms with E-state index in [9.17, 15) is 9.18 Å². The molecule has 0 saturated heterocycles. The molecule has 0 N–H and O–H groups in total. The number of benzene rings is 3. The zero-order valence-corrected chi connectivity index (χ0v) is 20.3. The van der Waals surface area contributed by atoms with Crippen LogP contribution in [-0.2, 0) is 16.1 Å². The molecule has 0 amide bonds. The standard InChI is InChI=1S/C26H21FINO4/c1-3-31-23-14-17(12-21(28)24(23)32-15-19-6-4-5-7-20(19)27)13-22-26(30)33-25(29-22)18-10-8-16(2)9-11-18/h4-14H,3,15H2,1-2H3/b22-13-. The number of halogens is 2. The molecule has 4 rings (SSSR count). The maximum atomic E-state index is 14.0. The summed E-state index contributed by atoms with van der Waals surface area (Å²) >= 11 is 2.13. The highest BCUT2D eigenvalue weighted by Gasteiger charge is 2.24. The molecule has 0 fully saturated rings. The third-order valence-electron chi connectivity index (χ3n) is 4.88. The number of cyclic esters (lactones) is 1. The van der Waals surface area contributed by atoms with Gasteiger partial charge in [-0.3, -0.25) is 0 Å². The fraction of sp³-hybridized carbons (Fsp3) is 0.154. The first-order chi connectivity index (χ1) is 15.9. The van der Waals surface area contributed by atoms with Gasteiger partial charge in [0.15, 0.2) is 17.2 Å². The summed E-state index contributed by atoms with van der Waals surface area (Å²) in [5.41, 5.74) is 3.20. The van der Waals surface area contributed by atoms with Crippen LogP contribution in [0.25, 0.3) is 6.08 Å². The molecule has 0 atom stereocenters. The van der Waals surface area contributed by atoms with Gasteiger partial charge < -0.3 is 14.2 Å². The van der Waals surface area contributed by atoms with Crippen molar-refractivity contribution in [2.45, 2.75) is 20.5 Å². The topological polar surface area (TPSA) is 57.1 Å². The Morgan fingerprint density at radius 3 is 2.58 bits per heavy atom. The normalized spacial score (nSPS) is 14.2. The second kappa shape index (κ2) is 10.2. The number of hydrogen-bond acceptors (Lipinski definition) is 5. The van der Waals surface area contributed by atoms with E-state index < -0.39 is 5.97 Å². The summed E-state index contributed by atoms with van der Waals surface area (Å²) in [6.45, 7) is 4.34. The highest BCUT2D eigenvalue weighted by Crippen LogP contribution is 2.36. The van der Waals surface area contributed by atoms with E-state index in [0.717, 1.165) is 14.7 Å². The number of aliphatic imine (C=N–C) groups is 1. The van der Waals surface area contributed by atoms with Crippen molar-refractivity contribution in [3.05, 3.63) is 98.0 Å². The van der Waals surface area contributed by atoms with Gasteiger partial charge in [-0.25, -0.2) is 14.2 Å². The van der Waals surface area contributed by atoms with Crippen LogP contribution in [0.3, 0.4) is 0 Å². The van der Waals surface area contributed by atoms with Crippen LogP contribution in [0, 0.1) is 16.3 Å². The Morgan fingerprint density at radius 2 is 1.85 bits per heavy atom. The molecule has 7 heteroatoms. The molecule has 3 aromatic rings. The maximum absolute atomic E-state index is 14.0. The fourth-order valence-electron chi connectivity index (χ4n) is 3.23. The summed E-state index contributed by atoms with van der Waals surface area (Å²) in [6, 6.07) is 17.7. The Morgan fingerprint density at radius 1 is 1.09 bits per heavy atom.